The molecule has 0 spiro atoms. The quantitative estimate of drug-likeness (QED) is 0.594. The minimum Gasteiger partial charge on any atom is -0.341 e. The van der Waals surface area contributed by atoms with Crippen molar-refractivity contribution < 1.29 is 18.1 Å². The highest BCUT2D eigenvalue weighted by Gasteiger charge is 2.36. The predicted molar refractivity (Wildman–Crippen MR) is 98.5 cm³/mol. The van der Waals surface area contributed by atoms with E-state index in [2.05, 4.69) is 0 Å². The lowest BCUT2D eigenvalue weighted by atomic mass is 9.97. The molecule has 9 nitrogen and oxygen atoms in total. The fourth-order valence-electron chi connectivity index (χ4n) is 3.71. The Morgan fingerprint density at radius 2 is 1.89 bits per heavy atom. The van der Waals surface area contributed by atoms with Crippen LogP contribution in [0.5, 0.6) is 0 Å². The van der Waals surface area contributed by atoms with Crippen LogP contribution in [0.3, 0.4) is 0 Å². The molecule has 2 fully saturated rings. The Hall–Kier alpha value is -2.04. The van der Waals surface area contributed by atoms with E-state index < -0.39 is 14.9 Å². The summed E-state index contributed by atoms with van der Waals surface area (Å²) in [6.07, 6.45) is 1.68. The molecular weight excluding hydrogens is 372 g/mol. The number of nitrogens with two attached hydrogens (primary N) is 1. The van der Waals surface area contributed by atoms with Gasteiger partial charge in [-0.25, -0.2) is 8.42 Å². The summed E-state index contributed by atoms with van der Waals surface area (Å²) >= 11 is 0. The normalized spacial score (nSPS) is 22.1. The first-order valence-electron chi connectivity index (χ1n) is 8.99. The van der Waals surface area contributed by atoms with Crippen molar-refractivity contribution in [2.75, 3.05) is 26.2 Å². The summed E-state index contributed by atoms with van der Waals surface area (Å²) in [6, 6.07) is 3.86. The van der Waals surface area contributed by atoms with Gasteiger partial charge in [-0.15, -0.1) is 0 Å². The lowest BCUT2D eigenvalue weighted by Gasteiger charge is -2.32. The first kappa shape index (κ1) is 19.7. The van der Waals surface area contributed by atoms with E-state index in [9.17, 15) is 23.3 Å². The van der Waals surface area contributed by atoms with Crippen LogP contribution in [-0.2, 0) is 14.8 Å². The van der Waals surface area contributed by atoms with Crippen LogP contribution in [0.1, 0.15) is 24.8 Å². The van der Waals surface area contributed by atoms with Crippen LogP contribution in [0.4, 0.5) is 5.69 Å². The van der Waals surface area contributed by atoms with E-state index in [1.807, 2.05) is 0 Å². The predicted octanol–water partition coefficient (Wildman–Crippen LogP) is 0.864. The summed E-state index contributed by atoms with van der Waals surface area (Å²) in [5.74, 6) is -0.153. The molecule has 1 amide bonds. The van der Waals surface area contributed by atoms with Gasteiger partial charge in [-0.2, -0.15) is 4.31 Å². The summed E-state index contributed by atoms with van der Waals surface area (Å²) in [5, 5.41) is 11.0. The van der Waals surface area contributed by atoms with Crippen LogP contribution < -0.4 is 5.73 Å². The summed E-state index contributed by atoms with van der Waals surface area (Å²) < 4.78 is 27.2. The van der Waals surface area contributed by atoms with Crippen molar-refractivity contribution in [3.8, 4) is 0 Å². The molecule has 0 unspecified atom stereocenters. The molecule has 1 aromatic rings. The number of rotatable bonds is 4. The van der Waals surface area contributed by atoms with E-state index in [-0.39, 0.29) is 41.5 Å². The molecule has 0 aromatic heterocycles. The van der Waals surface area contributed by atoms with Crippen LogP contribution in [0, 0.1) is 23.0 Å². The maximum absolute atomic E-state index is 13.0. The number of amides is 1. The number of benzene rings is 1. The number of non-ortho nitro benzene ring substituents is 1. The maximum atomic E-state index is 13.0. The Balaban J connectivity index is 1.71. The SMILES string of the molecule is Cc1ccc([N+](=O)[O-])cc1S(=O)(=O)N1CCC(C(=O)N2CC[C@@H](N)C2)CC1. The third-order valence-electron chi connectivity index (χ3n) is 5.34. The summed E-state index contributed by atoms with van der Waals surface area (Å²) in [6.45, 7) is 3.28. The standard InChI is InChI=1S/C17H24N4O5S/c1-12-2-3-15(21(23)24)10-16(12)27(25,26)20-8-4-13(5-9-20)17(22)19-7-6-14(18)11-19/h2-3,10,13-14H,4-9,11,18H2,1H3/t14-/m1/s1. The highest BCUT2D eigenvalue weighted by atomic mass is 32.2. The third kappa shape index (κ3) is 3.97. The smallest absolute Gasteiger partial charge is 0.270 e. The van der Waals surface area contributed by atoms with Gasteiger partial charge in [0, 0.05) is 50.3 Å². The fourth-order valence-corrected chi connectivity index (χ4v) is 5.42. The van der Waals surface area contributed by atoms with E-state index >= 15 is 0 Å². The molecule has 0 aliphatic carbocycles. The Morgan fingerprint density at radius 3 is 2.44 bits per heavy atom. The molecule has 1 atom stereocenters. The topological polar surface area (TPSA) is 127 Å². The van der Waals surface area contributed by atoms with Crippen LogP contribution in [0.25, 0.3) is 0 Å². The number of nitrogens with zero attached hydrogens (tertiary/aromatic N) is 3. The third-order valence-corrected chi connectivity index (χ3v) is 7.38. The van der Waals surface area contributed by atoms with Crippen LogP contribution in [0.15, 0.2) is 23.1 Å². The lowest BCUT2D eigenvalue weighted by molar-refractivity contribution is -0.385. The second-order valence-electron chi connectivity index (χ2n) is 7.22. The van der Waals surface area contributed by atoms with Crippen molar-refractivity contribution in [1.29, 1.82) is 0 Å². The number of hydrogen-bond acceptors (Lipinski definition) is 6. The highest BCUT2D eigenvalue weighted by Crippen LogP contribution is 2.29. The number of carbonyl (C=O) groups is 1. The molecule has 0 radical (unpaired) electrons. The number of carbonyl (C=O) groups excluding carboxylic acids is 1. The summed E-state index contributed by atoms with van der Waals surface area (Å²) in [7, 11) is -3.84. The molecule has 2 aliphatic rings. The molecular formula is C17H24N4O5S. The van der Waals surface area contributed by atoms with Gasteiger partial charge in [0.2, 0.25) is 15.9 Å². The molecule has 2 saturated heterocycles. The number of likely N-dealkylation sites (tertiary alicyclic amines) is 1. The molecule has 27 heavy (non-hydrogen) atoms. The zero-order valence-corrected chi connectivity index (χ0v) is 16.0. The van der Waals surface area contributed by atoms with Gasteiger partial charge in [-0.1, -0.05) is 6.07 Å². The maximum Gasteiger partial charge on any atom is 0.270 e. The second-order valence-corrected chi connectivity index (χ2v) is 9.12. The zero-order chi connectivity index (χ0) is 19.8. The van der Waals surface area contributed by atoms with Crippen LogP contribution in [-0.4, -0.2) is 60.7 Å². The average molecular weight is 396 g/mol. The summed E-state index contributed by atoms with van der Waals surface area (Å²) in [5.41, 5.74) is 6.06. The van der Waals surface area contributed by atoms with Crippen molar-refractivity contribution in [3.63, 3.8) is 0 Å². The molecule has 148 valence electrons. The highest BCUT2D eigenvalue weighted by molar-refractivity contribution is 7.89. The van der Waals surface area contributed by atoms with Crippen molar-refractivity contribution in [1.82, 2.24) is 9.21 Å². The first-order chi connectivity index (χ1) is 12.7. The number of nitro benzene ring substituents is 1. The van der Waals surface area contributed by atoms with E-state index in [1.165, 1.54) is 16.4 Å². The summed E-state index contributed by atoms with van der Waals surface area (Å²) in [4.78, 5) is 24.7. The fraction of sp³-hybridized carbons (Fsp3) is 0.588. The Labute approximate surface area is 158 Å². The monoisotopic (exact) mass is 396 g/mol. The van der Waals surface area contributed by atoms with Crippen molar-refractivity contribution in [2.45, 2.75) is 37.1 Å². The number of piperidine rings is 1. The molecule has 0 saturated carbocycles. The van der Waals surface area contributed by atoms with E-state index in [1.54, 1.807) is 11.8 Å². The van der Waals surface area contributed by atoms with Gasteiger partial charge in [0.05, 0.1) is 9.82 Å². The Morgan fingerprint density at radius 1 is 1.22 bits per heavy atom. The van der Waals surface area contributed by atoms with Gasteiger partial charge in [0.25, 0.3) is 5.69 Å². The largest absolute Gasteiger partial charge is 0.341 e. The van der Waals surface area contributed by atoms with Gasteiger partial charge in [-0.05, 0) is 31.7 Å². The molecule has 2 heterocycles. The number of nitro groups is 1. The van der Waals surface area contributed by atoms with Crippen LogP contribution in [0.2, 0.25) is 0 Å². The van der Waals surface area contributed by atoms with E-state index in [0.29, 0.717) is 31.5 Å². The van der Waals surface area contributed by atoms with Gasteiger partial charge in [0.15, 0.2) is 0 Å². The average Bonchev–Trinajstić information content (AvgIpc) is 3.07. The van der Waals surface area contributed by atoms with Gasteiger partial charge in [-0.3, -0.25) is 14.9 Å². The zero-order valence-electron chi connectivity index (χ0n) is 15.2. The first-order valence-corrected chi connectivity index (χ1v) is 10.4. The molecule has 2 N–H and O–H groups in total. The van der Waals surface area contributed by atoms with Gasteiger partial charge < -0.3 is 10.6 Å². The molecule has 2 aliphatic heterocycles. The van der Waals surface area contributed by atoms with Crippen molar-refractivity contribution in [3.05, 3.63) is 33.9 Å². The molecule has 10 heteroatoms. The molecule has 1 aromatic carbocycles. The van der Waals surface area contributed by atoms with E-state index in [4.69, 9.17) is 5.73 Å². The minimum absolute atomic E-state index is 0.0197. The number of hydrogen-bond donors (Lipinski definition) is 1. The molecule has 0 bridgehead atoms. The minimum atomic E-state index is -3.84. The second kappa shape index (κ2) is 7.53. The number of aryl methyl sites for hydroxylation is 1. The Kier molecular flexibility index (Phi) is 5.50. The van der Waals surface area contributed by atoms with Crippen molar-refractivity contribution >= 4 is 21.6 Å². The van der Waals surface area contributed by atoms with Gasteiger partial charge >= 0.3 is 0 Å². The van der Waals surface area contributed by atoms with Crippen LogP contribution >= 0.6 is 0 Å². The Bertz CT molecular complexity index is 849. The van der Waals surface area contributed by atoms with Gasteiger partial charge in [0.1, 0.15) is 0 Å². The van der Waals surface area contributed by atoms with Crippen molar-refractivity contribution in [2.24, 2.45) is 11.7 Å². The number of sulfonamides is 1. The molecule has 3 rings (SSSR count). The lowest BCUT2D eigenvalue weighted by Crippen LogP contribution is -2.44. The van der Waals surface area contributed by atoms with E-state index in [0.717, 1.165) is 12.5 Å².